The molecule has 9 nitrogen and oxygen atoms in total. The average molecular weight is 583 g/mol. The van der Waals surface area contributed by atoms with Gasteiger partial charge in [-0.2, -0.15) is 13.2 Å². The molecule has 0 radical (unpaired) electrons. The predicted octanol–water partition coefficient (Wildman–Crippen LogP) is 3.26. The highest BCUT2D eigenvalue weighted by atomic mass is 35.5. The molecule has 40 heavy (non-hydrogen) atoms. The first-order chi connectivity index (χ1) is 18.9. The summed E-state index contributed by atoms with van der Waals surface area (Å²) in [7, 11) is 1.50. The lowest BCUT2D eigenvalue weighted by Crippen LogP contribution is -2.47. The van der Waals surface area contributed by atoms with Gasteiger partial charge >= 0.3 is 6.18 Å². The molecule has 0 unspecified atom stereocenters. The summed E-state index contributed by atoms with van der Waals surface area (Å²) in [6.07, 6.45) is -3.48. The van der Waals surface area contributed by atoms with Gasteiger partial charge in [-0.25, -0.2) is 0 Å². The Hall–Kier alpha value is -3.51. The van der Waals surface area contributed by atoms with Crippen molar-refractivity contribution in [1.29, 1.82) is 0 Å². The Morgan fingerprint density at radius 3 is 2.48 bits per heavy atom. The Morgan fingerprint density at radius 2 is 1.88 bits per heavy atom. The SMILES string of the molecule is CCc1cc2c(c(OCC(F)(F)F)c(C(=O)NC3CCN(C(=O)CO)CC3)n2C)c(=O)n1Cc1ccccc1Cl. The number of rotatable bonds is 8. The second-order valence-corrected chi connectivity index (χ2v) is 10.1. The molecule has 1 aromatic carbocycles. The Morgan fingerprint density at radius 1 is 1.20 bits per heavy atom. The van der Waals surface area contributed by atoms with Crippen molar-refractivity contribution in [1.82, 2.24) is 19.4 Å². The van der Waals surface area contributed by atoms with Gasteiger partial charge in [0.25, 0.3) is 11.5 Å². The third-order valence-electron chi connectivity index (χ3n) is 7.07. The Bertz CT molecular complexity index is 1480. The van der Waals surface area contributed by atoms with Crippen molar-refractivity contribution in [3.05, 3.63) is 62.7 Å². The monoisotopic (exact) mass is 582 g/mol. The molecular weight excluding hydrogens is 553 g/mol. The number of alkyl halides is 3. The number of nitrogens with zero attached hydrogens (tertiary/aromatic N) is 3. The standard InChI is InChI=1S/C27H30ClF3N4O5/c1-3-18-12-20-22(26(39)35(18)13-16-6-4-5-7-19(16)28)24(40-15-27(29,30)31)23(33(20)2)25(38)32-17-8-10-34(11-9-17)21(37)14-36/h4-7,12,17,36H,3,8-11,13-15H2,1-2H3,(H,32,38). The van der Waals surface area contributed by atoms with Crippen molar-refractivity contribution in [3.8, 4) is 5.75 Å². The zero-order valence-corrected chi connectivity index (χ0v) is 22.8. The van der Waals surface area contributed by atoms with Gasteiger partial charge in [-0.3, -0.25) is 14.4 Å². The van der Waals surface area contributed by atoms with Gasteiger partial charge in [0.15, 0.2) is 18.1 Å². The molecule has 1 fully saturated rings. The molecule has 0 atom stereocenters. The maximum absolute atomic E-state index is 13.8. The van der Waals surface area contributed by atoms with Crippen molar-refractivity contribution < 1.29 is 32.6 Å². The first kappa shape index (κ1) is 29.5. The van der Waals surface area contributed by atoms with E-state index >= 15 is 0 Å². The van der Waals surface area contributed by atoms with Crippen molar-refractivity contribution in [2.45, 2.75) is 44.9 Å². The number of carbonyl (C=O) groups is 2. The van der Waals surface area contributed by atoms with Crippen LogP contribution in [-0.2, 0) is 24.8 Å². The summed E-state index contributed by atoms with van der Waals surface area (Å²) < 4.78 is 47.7. The molecule has 1 saturated heterocycles. The van der Waals surface area contributed by atoms with Gasteiger partial charge in [-0.05, 0) is 37.0 Å². The molecule has 13 heteroatoms. The zero-order valence-electron chi connectivity index (χ0n) is 22.1. The number of pyridine rings is 1. The van der Waals surface area contributed by atoms with Crippen LogP contribution in [-0.4, -0.2) is 69.5 Å². The number of benzene rings is 1. The molecule has 0 spiro atoms. The molecule has 2 aromatic heterocycles. The van der Waals surface area contributed by atoms with Gasteiger partial charge in [0.05, 0.1) is 12.1 Å². The topological polar surface area (TPSA) is 106 Å². The van der Waals surface area contributed by atoms with Crippen LogP contribution in [0.4, 0.5) is 13.2 Å². The molecule has 3 heterocycles. The molecule has 0 aliphatic carbocycles. The number of carbonyl (C=O) groups excluding carboxylic acids is 2. The van der Waals surface area contributed by atoms with Gasteiger partial charge in [0, 0.05) is 36.9 Å². The van der Waals surface area contributed by atoms with Gasteiger partial charge in [0.1, 0.15) is 12.0 Å². The summed E-state index contributed by atoms with van der Waals surface area (Å²) in [4.78, 5) is 40.5. The Labute approximate surface area is 233 Å². The third kappa shape index (κ3) is 6.12. The zero-order chi connectivity index (χ0) is 29.2. The van der Waals surface area contributed by atoms with Gasteiger partial charge < -0.3 is 29.2 Å². The van der Waals surface area contributed by atoms with Crippen LogP contribution in [0.15, 0.2) is 35.1 Å². The number of aliphatic hydroxyl groups is 1. The third-order valence-corrected chi connectivity index (χ3v) is 7.43. The van der Waals surface area contributed by atoms with E-state index in [0.29, 0.717) is 48.6 Å². The van der Waals surface area contributed by atoms with Gasteiger partial charge in [0.2, 0.25) is 5.91 Å². The van der Waals surface area contributed by atoms with E-state index in [9.17, 15) is 27.6 Å². The summed E-state index contributed by atoms with van der Waals surface area (Å²) in [6, 6.07) is 8.25. The van der Waals surface area contributed by atoms with Crippen LogP contribution in [0.25, 0.3) is 10.9 Å². The average Bonchev–Trinajstić information content (AvgIpc) is 3.20. The molecule has 0 saturated carbocycles. The number of hydrogen-bond acceptors (Lipinski definition) is 5. The van der Waals surface area contributed by atoms with E-state index < -0.39 is 42.5 Å². The molecule has 2 amide bonds. The molecule has 1 aliphatic rings. The highest BCUT2D eigenvalue weighted by Crippen LogP contribution is 2.33. The van der Waals surface area contributed by atoms with Crippen LogP contribution in [0.5, 0.6) is 5.75 Å². The molecule has 216 valence electrons. The Balaban J connectivity index is 1.77. The Kier molecular flexibility index (Phi) is 8.79. The summed E-state index contributed by atoms with van der Waals surface area (Å²) in [5.74, 6) is -1.56. The number of ether oxygens (including phenoxy) is 1. The minimum atomic E-state index is -4.71. The fourth-order valence-corrected chi connectivity index (χ4v) is 5.19. The molecular formula is C27H30ClF3N4O5. The lowest BCUT2D eigenvalue weighted by molar-refractivity contribution is -0.153. The number of hydrogen-bond donors (Lipinski definition) is 2. The lowest BCUT2D eigenvalue weighted by Gasteiger charge is -2.32. The van der Waals surface area contributed by atoms with Gasteiger partial charge in [-0.1, -0.05) is 36.7 Å². The van der Waals surface area contributed by atoms with E-state index in [1.807, 2.05) is 6.92 Å². The van der Waals surface area contributed by atoms with E-state index in [-0.39, 0.29) is 29.2 Å². The minimum absolute atomic E-state index is 0.0812. The number of amides is 2. The van der Waals surface area contributed by atoms with E-state index in [1.165, 1.54) is 21.1 Å². The summed E-state index contributed by atoms with van der Waals surface area (Å²) in [5, 5.41) is 12.2. The molecule has 2 N–H and O–H groups in total. The van der Waals surface area contributed by atoms with Crippen LogP contribution in [0.3, 0.4) is 0 Å². The lowest BCUT2D eigenvalue weighted by atomic mass is 10.0. The molecule has 0 bridgehead atoms. The van der Waals surface area contributed by atoms with Crippen LogP contribution in [0.2, 0.25) is 5.02 Å². The fraction of sp³-hybridized carbons (Fsp3) is 0.444. The highest BCUT2D eigenvalue weighted by molar-refractivity contribution is 6.31. The number of piperidine rings is 1. The quantitative estimate of drug-likeness (QED) is 0.424. The predicted molar refractivity (Wildman–Crippen MR) is 143 cm³/mol. The van der Waals surface area contributed by atoms with E-state index in [2.05, 4.69) is 5.32 Å². The number of aliphatic hydroxyl groups excluding tert-OH is 1. The number of aromatic nitrogens is 2. The fourth-order valence-electron chi connectivity index (χ4n) is 4.99. The number of halogens is 4. The number of nitrogens with one attached hydrogen (secondary N) is 1. The minimum Gasteiger partial charge on any atom is -0.481 e. The van der Waals surface area contributed by atoms with Crippen LogP contribution in [0.1, 0.15) is 41.5 Å². The second kappa shape index (κ2) is 11.9. The highest BCUT2D eigenvalue weighted by Gasteiger charge is 2.34. The molecule has 1 aliphatic heterocycles. The largest absolute Gasteiger partial charge is 0.481 e. The van der Waals surface area contributed by atoms with Gasteiger partial charge in [-0.15, -0.1) is 0 Å². The molecule has 3 aromatic rings. The van der Waals surface area contributed by atoms with Crippen molar-refractivity contribution in [2.24, 2.45) is 7.05 Å². The number of aryl methyl sites for hydroxylation is 2. The van der Waals surface area contributed by atoms with Crippen molar-refractivity contribution in [3.63, 3.8) is 0 Å². The summed E-state index contributed by atoms with van der Waals surface area (Å²) in [5.41, 5.74) is 0.717. The molecule has 4 rings (SSSR count). The van der Waals surface area contributed by atoms with Crippen molar-refractivity contribution in [2.75, 3.05) is 26.3 Å². The second-order valence-electron chi connectivity index (χ2n) is 9.66. The summed E-state index contributed by atoms with van der Waals surface area (Å²) >= 11 is 6.31. The maximum atomic E-state index is 13.8. The smallest absolute Gasteiger partial charge is 0.422 e. The van der Waals surface area contributed by atoms with E-state index in [0.717, 1.165) is 0 Å². The summed E-state index contributed by atoms with van der Waals surface area (Å²) in [6.45, 7) is 0.244. The van der Waals surface area contributed by atoms with E-state index in [4.69, 9.17) is 21.4 Å². The first-order valence-corrected chi connectivity index (χ1v) is 13.2. The van der Waals surface area contributed by atoms with Crippen LogP contribution >= 0.6 is 11.6 Å². The number of fused-ring (bicyclic) bond motifs is 1. The number of likely N-dealkylation sites (tertiary alicyclic amines) is 1. The van der Waals surface area contributed by atoms with Crippen LogP contribution in [0, 0.1) is 0 Å². The van der Waals surface area contributed by atoms with Crippen molar-refractivity contribution >= 4 is 34.3 Å². The maximum Gasteiger partial charge on any atom is 0.422 e. The first-order valence-electron chi connectivity index (χ1n) is 12.8. The normalized spacial score (nSPS) is 14.5. The van der Waals surface area contributed by atoms with Crippen LogP contribution < -0.4 is 15.6 Å². The van der Waals surface area contributed by atoms with E-state index in [1.54, 1.807) is 30.3 Å².